The zero-order valence-electron chi connectivity index (χ0n) is 15.0. The van der Waals surface area contributed by atoms with E-state index in [4.69, 9.17) is 5.11 Å². The van der Waals surface area contributed by atoms with Crippen LogP contribution < -0.4 is 5.32 Å². The molecule has 0 aromatic heterocycles. The standard InChI is InChI=1S/C13H12.C9H9NO4/c1-2-4-12-9-13(11-5-6-11)8-7-10(12)3-1;1-14-8(11)6-4-2-3-5-7(6)10-9(12)13/h1-4,7-9,11H,5-6H2;2-5,10H,1H3,(H,12,13). The summed E-state index contributed by atoms with van der Waals surface area (Å²) in [4.78, 5) is 21.5. The van der Waals surface area contributed by atoms with Crippen molar-refractivity contribution in [3.05, 3.63) is 77.9 Å². The normalized spacial score (nSPS) is 12.6. The van der Waals surface area contributed by atoms with E-state index in [2.05, 4.69) is 52.5 Å². The van der Waals surface area contributed by atoms with Crippen molar-refractivity contribution in [3.63, 3.8) is 0 Å². The number of para-hydroxylation sites is 1. The Morgan fingerprint density at radius 3 is 2.30 bits per heavy atom. The predicted molar refractivity (Wildman–Crippen MR) is 105 cm³/mol. The molecule has 0 unspecified atom stereocenters. The van der Waals surface area contributed by atoms with E-state index in [9.17, 15) is 9.59 Å². The fourth-order valence-corrected chi connectivity index (χ4v) is 2.87. The molecule has 3 aromatic rings. The van der Waals surface area contributed by atoms with Gasteiger partial charge in [-0.2, -0.15) is 0 Å². The molecule has 3 aromatic carbocycles. The molecule has 5 nitrogen and oxygen atoms in total. The summed E-state index contributed by atoms with van der Waals surface area (Å²) < 4.78 is 4.49. The van der Waals surface area contributed by atoms with Gasteiger partial charge in [0.15, 0.2) is 0 Å². The molecule has 138 valence electrons. The average molecular weight is 363 g/mol. The molecule has 0 radical (unpaired) electrons. The lowest BCUT2D eigenvalue weighted by molar-refractivity contribution is 0.0602. The number of anilines is 1. The van der Waals surface area contributed by atoms with E-state index in [1.165, 1.54) is 48.4 Å². The summed E-state index contributed by atoms with van der Waals surface area (Å²) in [6.45, 7) is 0. The first-order chi connectivity index (χ1) is 13.1. The molecule has 2 N–H and O–H groups in total. The van der Waals surface area contributed by atoms with Crippen LogP contribution in [0.1, 0.15) is 34.7 Å². The minimum absolute atomic E-state index is 0.192. The molecule has 1 saturated carbocycles. The molecule has 1 aliphatic rings. The van der Waals surface area contributed by atoms with Gasteiger partial charge in [0.25, 0.3) is 0 Å². The number of nitrogens with one attached hydrogen (secondary N) is 1. The fourth-order valence-electron chi connectivity index (χ4n) is 2.87. The highest BCUT2D eigenvalue weighted by Crippen LogP contribution is 2.40. The number of ether oxygens (including phenoxy) is 1. The lowest BCUT2D eigenvalue weighted by Gasteiger charge is -2.06. The minimum Gasteiger partial charge on any atom is -0.465 e. The summed E-state index contributed by atoms with van der Waals surface area (Å²) in [6.07, 6.45) is 1.55. The van der Waals surface area contributed by atoms with Crippen molar-refractivity contribution in [3.8, 4) is 0 Å². The highest BCUT2D eigenvalue weighted by atomic mass is 16.5. The zero-order chi connectivity index (χ0) is 19.2. The van der Waals surface area contributed by atoms with Crippen molar-refractivity contribution >= 4 is 28.5 Å². The average Bonchev–Trinajstić information content (AvgIpc) is 3.53. The number of fused-ring (bicyclic) bond motifs is 1. The predicted octanol–water partition coefficient (Wildman–Crippen LogP) is 5.28. The summed E-state index contributed by atoms with van der Waals surface area (Å²) >= 11 is 0. The number of benzene rings is 3. The van der Waals surface area contributed by atoms with Gasteiger partial charge in [-0.15, -0.1) is 0 Å². The van der Waals surface area contributed by atoms with E-state index in [0.29, 0.717) is 0 Å². The van der Waals surface area contributed by atoms with Gasteiger partial charge in [-0.25, -0.2) is 9.59 Å². The number of carbonyl (C=O) groups is 2. The van der Waals surface area contributed by atoms with Crippen molar-refractivity contribution in [1.82, 2.24) is 0 Å². The minimum atomic E-state index is -1.22. The van der Waals surface area contributed by atoms with E-state index < -0.39 is 12.1 Å². The zero-order valence-corrected chi connectivity index (χ0v) is 15.0. The van der Waals surface area contributed by atoms with Gasteiger partial charge in [-0.3, -0.25) is 5.32 Å². The topological polar surface area (TPSA) is 75.6 Å². The van der Waals surface area contributed by atoms with Crippen LogP contribution in [-0.4, -0.2) is 24.3 Å². The molecule has 5 heteroatoms. The van der Waals surface area contributed by atoms with Crippen molar-refractivity contribution in [1.29, 1.82) is 0 Å². The Balaban J connectivity index is 0.000000156. The molecule has 0 spiro atoms. The Kier molecular flexibility index (Phi) is 5.71. The molecule has 0 saturated heterocycles. The molecule has 1 fully saturated rings. The number of esters is 1. The number of carbonyl (C=O) groups excluding carboxylic acids is 1. The largest absolute Gasteiger partial charge is 0.465 e. The molecule has 27 heavy (non-hydrogen) atoms. The quantitative estimate of drug-likeness (QED) is 0.621. The number of hydrogen-bond acceptors (Lipinski definition) is 3. The maximum atomic E-state index is 11.2. The van der Waals surface area contributed by atoms with Gasteiger partial charge in [0.2, 0.25) is 0 Å². The Morgan fingerprint density at radius 2 is 1.63 bits per heavy atom. The van der Waals surface area contributed by atoms with Gasteiger partial charge in [0.05, 0.1) is 18.4 Å². The summed E-state index contributed by atoms with van der Waals surface area (Å²) in [5.74, 6) is 0.291. The SMILES string of the molecule is COC(=O)c1ccccc1NC(=O)O.c1ccc2cc(C3CC3)ccc2c1. The summed E-state index contributed by atoms with van der Waals surface area (Å²) in [5.41, 5.74) is 1.93. The van der Waals surface area contributed by atoms with Crippen molar-refractivity contribution in [2.45, 2.75) is 18.8 Å². The molecule has 0 heterocycles. The van der Waals surface area contributed by atoms with Crippen LogP contribution in [0, 0.1) is 0 Å². The first-order valence-corrected chi connectivity index (χ1v) is 8.74. The number of hydrogen-bond donors (Lipinski definition) is 2. The van der Waals surface area contributed by atoms with Gasteiger partial charge < -0.3 is 9.84 Å². The monoisotopic (exact) mass is 363 g/mol. The Labute approximate surface area is 157 Å². The number of methoxy groups -OCH3 is 1. The Bertz CT molecular complexity index is 963. The Morgan fingerprint density at radius 1 is 0.963 bits per heavy atom. The Hall–Kier alpha value is -3.34. The van der Waals surface area contributed by atoms with Gasteiger partial charge in [-0.05, 0) is 47.2 Å². The lowest BCUT2D eigenvalue weighted by Crippen LogP contribution is -2.12. The number of amides is 1. The second-order valence-corrected chi connectivity index (χ2v) is 6.35. The van der Waals surface area contributed by atoms with Crippen molar-refractivity contribution in [2.24, 2.45) is 0 Å². The van der Waals surface area contributed by atoms with Crippen molar-refractivity contribution < 1.29 is 19.4 Å². The van der Waals surface area contributed by atoms with E-state index in [1.807, 2.05) is 0 Å². The third-order valence-corrected chi connectivity index (χ3v) is 4.40. The smallest absolute Gasteiger partial charge is 0.409 e. The first kappa shape index (κ1) is 18.5. The highest BCUT2D eigenvalue weighted by Gasteiger charge is 2.23. The summed E-state index contributed by atoms with van der Waals surface area (Å²) in [6, 6.07) is 21.6. The van der Waals surface area contributed by atoms with Crippen LogP contribution in [0.2, 0.25) is 0 Å². The molecule has 0 atom stereocenters. The van der Waals surface area contributed by atoms with Crippen LogP contribution >= 0.6 is 0 Å². The van der Waals surface area contributed by atoms with E-state index in [1.54, 1.807) is 12.1 Å². The first-order valence-electron chi connectivity index (χ1n) is 8.74. The second-order valence-electron chi connectivity index (χ2n) is 6.35. The fraction of sp³-hybridized carbons (Fsp3) is 0.182. The molecular formula is C22H21NO4. The number of carboxylic acid groups (broad SMARTS) is 1. The van der Waals surface area contributed by atoms with Crippen LogP contribution in [0.4, 0.5) is 10.5 Å². The van der Waals surface area contributed by atoms with Crippen LogP contribution in [-0.2, 0) is 4.74 Å². The molecule has 0 aliphatic heterocycles. The van der Waals surface area contributed by atoms with E-state index >= 15 is 0 Å². The summed E-state index contributed by atoms with van der Waals surface area (Å²) in [5, 5.41) is 13.3. The molecule has 4 rings (SSSR count). The van der Waals surface area contributed by atoms with Gasteiger partial charge in [-0.1, -0.05) is 54.6 Å². The van der Waals surface area contributed by atoms with Gasteiger partial charge in [0, 0.05) is 0 Å². The maximum Gasteiger partial charge on any atom is 0.409 e. The highest BCUT2D eigenvalue weighted by molar-refractivity contribution is 5.99. The van der Waals surface area contributed by atoms with Crippen LogP contribution in [0.25, 0.3) is 10.8 Å². The molecular weight excluding hydrogens is 342 g/mol. The van der Waals surface area contributed by atoms with E-state index in [-0.39, 0.29) is 11.3 Å². The second kappa shape index (κ2) is 8.36. The third kappa shape index (κ3) is 4.85. The maximum absolute atomic E-state index is 11.2. The third-order valence-electron chi connectivity index (χ3n) is 4.40. The van der Waals surface area contributed by atoms with Crippen LogP contribution in [0.3, 0.4) is 0 Å². The lowest BCUT2D eigenvalue weighted by atomic mass is 10.0. The molecule has 1 aliphatic carbocycles. The van der Waals surface area contributed by atoms with Crippen molar-refractivity contribution in [2.75, 3.05) is 12.4 Å². The molecule has 0 bridgehead atoms. The van der Waals surface area contributed by atoms with Crippen LogP contribution in [0.5, 0.6) is 0 Å². The van der Waals surface area contributed by atoms with Crippen LogP contribution in [0.15, 0.2) is 66.7 Å². The molecule has 1 amide bonds. The van der Waals surface area contributed by atoms with Gasteiger partial charge >= 0.3 is 12.1 Å². The van der Waals surface area contributed by atoms with Gasteiger partial charge in [0.1, 0.15) is 0 Å². The number of rotatable bonds is 3. The summed E-state index contributed by atoms with van der Waals surface area (Å²) in [7, 11) is 1.24. The van der Waals surface area contributed by atoms with E-state index in [0.717, 1.165) is 5.92 Å².